The summed E-state index contributed by atoms with van der Waals surface area (Å²) >= 11 is 5.64. The molecule has 39 heavy (non-hydrogen) atoms. The number of benzene rings is 1. The van der Waals surface area contributed by atoms with E-state index in [4.69, 9.17) is 16.3 Å². The number of ether oxygens (including phenoxy) is 1. The molecule has 0 spiro atoms. The molecule has 2 bridgehead atoms. The van der Waals surface area contributed by atoms with Crippen LogP contribution in [0.15, 0.2) is 36.5 Å². The van der Waals surface area contributed by atoms with Gasteiger partial charge in [-0.05, 0) is 49.9 Å². The average molecular weight is 573 g/mol. The summed E-state index contributed by atoms with van der Waals surface area (Å²) in [6.45, 7) is -1.22. The molecule has 2 saturated heterocycles. The number of pyridine rings is 1. The number of rotatable bonds is 9. The molecule has 3 N–H and O–H groups in total. The molecule has 3 fully saturated rings. The minimum Gasteiger partial charge on any atom is -0.484 e. The van der Waals surface area contributed by atoms with Gasteiger partial charge in [0, 0.05) is 18.8 Å². The summed E-state index contributed by atoms with van der Waals surface area (Å²) in [7, 11) is 0. The van der Waals surface area contributed by atoms with E-state index in [-0.39, 0.29) is 55.2 Å². The fourth-order valence-electron chi connectivity index (χ4n) is 5.01. The Morgan fingerprint density at radius 2 is 1.87 bits per heavy atom. The van der Waals surface area contributed by atoms with Gasteiger partial charge in [0.2, 0.25) is 11.8 Å². The molecule has 1 aliphatic carbocycles. The van der Waals surface area contributed by atoms with E-state index in [9.17, 15) is 37.1 Å². The molecule has 9 nitrogen and oxygen atoms in total. The lowest BCUT2D eigenvalue weighted by atomic mass is 9.63. The van der Waals surface area contributed by atoms with Crippen LogP contribution in [0.3, 0.4) is 0 Å². The third-order valence-electron chi connectivity index (χ3n) is 7.08. The number of nitrogens with zero attached hydrogens (tertiary/aromatic N) is 2. The Morgan fingerprint density at radius 1 is 1.15 bits per heavy atom. The second-order valence-corrected chi connectivity index (χ2v) is 9.83. The monoisotopic (exact) mass is 572 g/mol. The normalized spacial score (nSPS) is 22.5. The molecule has 0 radical (unpaired) electrons. The Hall–Kier alpha value is -3.45. The first kappa shape index (κ1) is 28.6. The average Bonchev–Trinajstić information content (AvgIpc) is 2.90. The van der Waals surface area contributed by atoms with E-state index in [2.05, 4.69) is 15.6 Å². The predicted molar refractivity (Wildman–Crippen MR) is 129 cm³/mol. The van der Waals surface area contributed by atoms with Crippen molar-refractivity contribution >= 4 is 29.3 Å². The van der Waals surface area contributed by atoms with Crippen molar-refractivity contribution < 1.29 is 41.8 Å². The molecule has 3 heterocycles. The summed E-state index contributed by atoms with van der Waals surface area (Å²) in [5.74, 6) is -2.40. The molecular weight excluding hydrogens is 548 g/mol. The first-order valence-electron chi connectivity index (χ1n) is 12.0. The third-order valence-corrected chi connectivity index (χ3v) is 7.38. The predicted octanol–water partition coefficient (Wildman–Crippen LogP) is 2.80. The number of amides is 3. The highest BCUT2D eigenvalue weighted by Crippen LogP contribution is 2.50. The van der Waals surface area contributed by atoms with Crippen molar-refractivity contribution in [3.05, 3.63) is 58.6 Å². The zero-order chi connectivity index (χ0) is 28.4. The topological polar surface area (TPSA) is 121 Å². The summed E-state index contributed by atoms with van der Waals surface area (Å²) < 4.78 is 57.2. The lowest BCUT2D eigenvalue weighted by Gasteiger charge is -2.57. The second-order valence-electron chi connectivity index (χ2n) is 9.43. The summed E-state index contributed by atoms with van der Waals surface area (Å²) in [5, 5.41) is 14.9. The van der Waals surface area contributed by atoms with Gasteiger partial charge < -0.3 is 25.4 Å². The van der Waals surface area contributed by atoms with Crippen molar-refractivity contribution in [3.63, 3.8) is 0 Å². The number of carbonyl (C=O) groups excluding carboxylic acids is 3. The summed E-state index contributed by atoms with van der Waals surface area (Å²) in [5.41, 5.74) is -3.34. The Labute approximate surface area is 225 Å². The summed E-state index contributed by atoms with van der Waals surface area (Å²) in [4.78, 5) is 44.4. The van der Waals surface area contributed by atoms with Crippen LogP contribution in [0.2, 0.25) is 5.02 Å². The van der Waals surface area contributed by atoms with Crippen molar-refractivity contribution in [1.82, 2.24) is 20.5 Å². The van der Waals surface area contributed by atoms with E-state index < -0.39 is 59.6 Å². The van der Waals surface area contributed by atoms with Gasteiger partial charge in [-0.3, -0.25) is 19.4 Å². The number of hydrogen-bond donors (Lipinski definition) is 3. The molecule has 2 aromatic rings. The quantitative estimate of drug-likeness (QED) is 0.314. The fourth-order valence-corrected chi connectivity index (χ4v) is 5.12. The second kappa shape index (κ2) is 11.0. The van der Waals surface area contributed by atoms with Gasteiger partial charge in [-0.15, -0.1) is 0 Å². The highest BCUT2D eigenvalue weighted by atomic mass is 35.5. The van der Waals surface area contributed by atoms with Gasteiger partial charge in [-0.1, -0.05) is 11.6 Å². The number of aliphatic hydroxyl groups is 1. The lowest BCUT2D eigenvalue weighted by molar-refractivity contribution is -0.179. The van der Waals surface area contributed by atoms with Crippen molar-refractivity contribution in [2.75, 3.05) is 19.8 Å². The number of nitrogens with one attached hydrogen (secondary N) is 2. The minimum absolute atomic E-state index is 0.0818. The van der Waals surface area contributed by atoms with Gasteiger partial charge in [0.05, 0.1) is 29.4 Å². The van der Waals surface area contributed by atoms with E-state index in [0.717, 1.165) is 18.2 Å². The molecule has 1 aromatic carbocycles. The van der Waals surface area contributed by atoms with Gasteiger partial charge in [0.15, 0.2) is 6.61 Å². The largest absolute Gasteiger partial charge is 0.484 e. The molecule has 2 aliphatic heterocycles. The fraction of sp³-hybridized carbons (Fsp3) is 0.440. The van der Waals surface area contributed by atoms with Gasteiger partial charge in [-0.25, -0.2) is 4.39 Å². The third kappa shape index (κ3) is 5.78. The zero-order valence-electron chi connectivity index (χ0n) is 20.5. The maximum Gasteiger partial charge on any atom is 0.417 e. The van der Waals surface area contributed by atoms with Crippen molar-refractivity contribution in [3.8, 4) is 5.75 Å². The number of halogens is 5. The SMILES string of the molecule is O=C(COc1ccc(Cl)c(F)c1)NC12CCC(C(=O)NCc3ccc(C(F)(F)F)cn3)(CC1)C(=O)N2CCO. The van der Waals surface area contributed by atoms with Gasteiger partial charge >= 0.3 is 6.18 Å². The van der Waals surface area contributed by atoms with Crippen LogP contribution in [0.5, 0.6) is 5.75 Å². The molecule has 5 rings (SSSR count). The number of alkyl halides is 3. The number of aliphatic hydroxyl groups excluding tert-OH is 1. The van der Waals surface area contributed by atoms with E-state index in [1.165, 1.54) is 17.0 Å². The van der Waals surface area contributed by atoms with Crippen LogP contribution < -0.4 is 15.4 Å². The molecule has 210 valence electrons. The van der Waals surface area contributed by atoms with Crippen LogP contribution in [0.25, 0.3) is 0 Å². The maximum atomic E-state index is 13.6. The van der Waals surface area contributed by atoms with E-state index in [1.807, 2.05) is 0 Å². The minimum atomic E-state index is -4.54. The standard InChI is InChI=1S/C25H25ClF4N4O5/c26-18-4-3-17(11-19(18)27)39-14-20(36)33-24-7-5-23(6-8-24,22(38)34(24)9-10-35)21(37)32-13-16-2-1-15(12-31-16)25(28,29)30/h1-4,11-12,35H,5-10,13-14H2,(H,32,37)(H,33,36). The van der Waals surface area contributed by atoms with Crippen LogP contribution in [0.4, 0.5) is 17.6 Å². The molecular formula is C25H25ClF4N4O5. The molecule has 3 amide bonds. The Bertz CT molecular complexity index is 1250. The van der Waals surface area contributed by atoms with Crippen LogP contribution in [-0.2, 0) is 27.1 Å². The summed E-state index contributed by atoms with van der Waals surface area (Å²) in [6.07, 6.45) is -3.24. The van der Waals surface area contributed by atoms with Crippen molar-refractivity contribution in [1.29, 1.82) is 0 Å². The van der Waals surface area contributed by atoms with Gasteiger partial charge in [0.25, 0.3) is 5.91 Å². The highest BCUT2D eigenvalue weighted by molar-refractivity contribution is 6.30. The van der Waals surface area contributed by atoms with Crippen LogP contribution in [-0.4, -0.2) is 58.1 Å². The Morgan fingerprint density at radius 3 is 2.46 bits per heavy atom. The number of fused-ring (bicyclic) bond motifs is 3. The van der Waals surface area contributed by atoms with Crippen LogP contribution >= 0.6 is 11.6 Å². The number of hydrogen-bond acceptors (Lipinski definition) is 6. The first-order chi connectivity index (χ1) is 18.4. The van der Waals surface area contributed by atoms with Gasteiger partial charge in [0.1, 0.15) is 22.6 Å². The van der Waals surface area contributed by atoms with Crippen LogP contribution in [0.1, 0.15) is 36.9 Å². The Kier molecular flexibility index (Phi) is 8.03. The van der Waals surface area contributed by atoms with E-state index >= 15 is 0 Å². The molecule has 1 aromatic heterocycles. The molecule has 3 aliphatic rings. The van der Waals surface area contributed by atoms with Crippen LogP contribution in [0, 0.1) is 11.2 Å². The van der Waals surface area contributed by atoms with E-state index in [1.54, 1.807) is 0 Å². The van der Waals surface area contributed by atoms with E-state index in [0.29, 0.717) is 6.20 Å². The lowest BCUT2D eigenvalue weighted by Crippen LogP contribution is -2.74. The molecule has 1 saturated carbocycles. The highest BCUT2D eigenvalue weighted by Gasteiger charge is 2.62. The smallest absolute Gasteiger partial charge is 0.417 e. The van der Waals surface area contributed by atoms with Crippen molar-refractivity contribution in [2.45, 2.75) is 44.1 Å². The Balaban J connectivity index is 1.41. The van der Waals surface area contributed by atoms with Gasteiger partial charge in [-0.2, -0.15) is 13.2 Å². The van der Waals surface area contributed by atoms with Crippen molar-refractivity contribution in [2.24, 2.45) is 5.41 Å². The maximum absolute atomic E-state index is 13.6. The zero-order valence-corrected chi connectivity index (χ0v) is 21.2. The summed E-state index contributed by atoms with van der Waals surface area (Å²) in [6, 6.07) is 5.71. The first-order valence-corrected chi connectivity index (χ1v) is 12.4. The molecule has 14 heteroatoms. The molecule has 0 atom stereocenters. The molecule has 0 unspecified atom stereocenters. The number of carbonyl (C=O) groups is 3. The number of aromatic nitrogens is 1. The number of piperidine rings is 2.